The molecule has 0 spiro atoms. The maximum absolute atomic E-state index is 10.5. The van der Waals surface area contributed by atoms with Gasteiger partial charge in [-0.05, 0) is 55.2 Å². The molecular weight excluding hydrogens is 236 g/mol. The van der Waals surface area contributed by atoms with Crippen LogP contribution in [0.15, 0.2) is 36.4 Å². The van der Waals surface area contributed by atoms with E-state index in [1.54, 1.807) is 7.11 Å². The van der Waals surface area contributed by atoms with Crippen LogP contribution in [0.1, 0.15) is 33.9 Å². The molecule has 0 amide bonds. The third-order valence-electron chi connectivity index (χ3n) is 3.36. The molecule has 0 aromatic heterocycles. The summed E-state index contributed by atoms with van der Waals surface area (Å²) < 4.78 is 5.35. The summed E-state index contributed by atoms with van der Waals surface area (Å²) in [5, 5.41) is 10.5. The number of aliphatic hydroxyl groups excluding tert-OH is 1. The summed E-state index contributed by atoms with van der Waals surface area (Å²) >= 11 is 0. The summed E-state index contributed by atoms with van der Waals surface area (Å²) in [4.78, 5) is 0. The van der Waals surface area contributed by atoms with E-state index in [0.717, 1.165) is 33.6 Å². The Balaban J connectivity index is 2.42. The Kier molecular flexibility index (Phi) is 3.91. The van der Waals surface area contributed by atoms with Crippen molar-refractivity contribution < 1.29 is 9.84 Å². The van der Waals surface area contributed by atoms with Gasteiger partial charge in [-0.3, -0.25) is 0 Å². The number of methoxy groups -OCH3 is 1. The van der Waals surface area contributed by atoms with Crippen LogP contribution in [0.2, 0.25) is 0 Å². The summed E-state index contributed by atoms with van der Waals surface area (Å²) in [7, 11) is 1.67. The zero-order valence-corrected chi connectivity index (χ0v) is 11.9. The van der Waals surface area contributed by atoms with Crippen LogP contribution in [0.5, 0.6) is 5.75 Å². The molecule has 0 bridgehead atoms. The van der Waals surface area contributed by atoms with Gasteiger partial charge >= 0.3 is 0 Å². The quantitative estimate of drug-likeness (QED) is 0.907. The second-order valence-corrected chi connectivity index (χ2v) is 5.00. The summed E-state index contributed by atoms with van der Waals surface area (Å²) in [5.41, 5.74) is 5.07. The summed E-state index contributed by atoms with van der Waals surface area (Å²) in [6.45, 7) is 6.03. The van der Waals surface area contributed by atoms with Gasteiger partial charge in [0.25, 0.3) is 0 Å². The largest absolute Gasteiger partial charge is 0.496 e. The van der Waals surface area contributed by atoms with Crippen LogP contribution in [0.25, 0.3) is 0 Å². The second-order valence-electron chi connectivity index (χ2n) is 5.00. The van der Waals surface area contributed by atoms with E-state index in [1.807, 2.05) is 57.2 Å². The lowest BCUT2D eigenvalue weighted by atomic mass is 9.96. The van der Waals surface area contributed by atoms with Gasteiger partial charge in [0.15, 0.2) is 0 Å². The van der Waals surface area contributed by atoms with Gasteiger partial charge in [-0.15, -0.1) is 0 Å². The lowest BCUT2D eigenvalue weighted by Crippen LogP contribution is -2.02. The molecule has 2 nitrogen and oxygen atoms in total. The lowest BCUT2D eigenvalue weighted by molar-refractivity contribution is 0.220. The Morgan fingerprint density at radius 3 is 2.11 bits per heavy atom. The van der Waals surface area contributed by atoms with Crippen LogP contribution in [-0.2, 0) is 0 Å². The highest BCUT2D eigenvalue weighted by atomic mass is 16.5. The molecule has 2 aromatic carbocycles. The number of rotatable bonds is 3. The lowest BCUT2D eigenvalue weighted by Gasteiger charge is -2.16. The van der Waals surface area contributed by atoms with E-state index < -0.39 is 6.10 Å². The van der Waals surface area contributed by atoms with Crippen LogP contribution >= 0.6 is 0 Å². The number of aliphatic hydroxyl groups is 1. The van der Waals surface area contributed by atoms with Crippen molar-refractivity contribution in [3.63, 3.8) is 0 Å². The average Bonchev–Trinajstić information content (AvgIpc) is 2.37. The normalized spacial score (nSPS) is 12.3. The first-order valence-corrected chi connectivity index (χ1v) is 6.42. The van der Waals surface area contributed by atoms with Crippen molar-refractivity contribution in [2.75, 3.05) is 7.11 Å². The molecule has 2 heteroatoms. The molecule has 0 aliphatic rings. The fraction of sp³-hybridized carbons (Fsp3) is 0.294. The van der Waals surface area contributed by atoms with E-state index in [4.69, 9.17) is 4.74 Å². The van der Waals surface area contributed by atoms with Crippen LogP contribution in [-0.4, -0.2) is 12.2 Å². The fourth-order valence-corrected chi connectivity index (χ4v) is 2.50. The highest BCUT2D eigenvalue weighted by Gasteiger charge is 2.14. The minimum absolute atomic E-state index is 0.594. The Hall–Kier alpha value is -1.80. The molecule has 19 heavy (non-hydrogen) atoms. The average molecular weight is 256 g/mol. The molecule has 1 unspecified atom stereocenters. The predicted octanol–water partition coefficient (Wildman–Crippen LogP) is 3.70. The predicted molar refractivity (Wildman–Crippen MR) is 77.7 cm³/mol. The first-order chi connectivity index (χ1) is 9.02. The molecule has 0 saturated heterocycles. The van der Waals surface area contributed by atoms with Gasteiger partial charge in [0.05, 0.1) is 7.11 Å². The van der Waals surface area contributed by atoms with Crippen molar-refractivity contribution in [2.24, 2.45) is 0 Å². The van der Waals surface area contributed by atoms with Gasteiger partial charge in [0, 0.05) is 0 Å². The Morgan fingerprint density at radius 2 is 1.58 bits per heavy atom. The summed E-state index contributed by atoms with van der Waals surface area (Å²) in [5.74, 6) is 0.889. The Morgan fingerprint density at radius 1 is 0.947 bits per heavy atom. The first kappa shape index (κ1) is 13.6. The third-order valence-corrected chi connectivity index (χ3v) is 3.36. The monoisotopic (exact) mass is 256 g/mol. The fourth-order valence-electron chi connectivity index (χ4n) is 2.50. The molecule has 0 radical (unpaired) electrons. The molecule has 0 saturated carbocycles. The number of aryl methyl sites for hydroxylation is 3. The van der Waals surface area contributed by atoms with Crippen LogP contribution in [0.4, 0.5) is 0 Å². The molecular formula is C17H20O2. The summed E-state index contributed by atoms with van der Waals surface area (Å²) in [6, 6.07) is 11.9. The smallest absolute Gasteiger partial charge is 0.124 e. The number of hydrogen-bond donors (Lipinski definition) is 1. The second kappa shape index (κ2) is 5.45. The van der Waals surface area contributed by atoms with Crippen molar-refractivity contribution in [2.45, 2.75) is 26.9 Å². The Bertz CT molecular complexity index is 565. The van der Waals surface area contributed by atoms with Crippen LogP contribution in [0.3, 0.4) is 0 Å². The van der Waals surface area contributed by atoms with Crippen LogP contribution < -0.4 is 4.74 Å². The topological polar surface area (TPSA) is 29.5 Å². The van der Waals surface area contributed by atoms with Gasteiger partial charge < -0.3 is 9.84 Å². The maximum atomic E-state index is 10.5. The molecule has 0 fully saturated rings. The maximum Gasteiger partial charge on any atom is 0.124 e. The molecule has 2 aromatic rings. The standard InChI is InChI=1S/C17H20O2/c1-11-6-5-7-14(8-11)16(18)15-9-12(2)17(19-4)13(3)10-15/h5-10,16,18H,1-4H3. The van der Waals surface area contributed by atoms with Crippen molar-refractivity contribution in [1.29, 1.82) is 0 Å². The third kappa shape index (κ3) is 2.79. The molecule has 0 aliphatic heterocycles. The van der Waals surface area contributed by atoms with E-state index in [9.17, 15) is 5.11 Å². The van der Waals surface area contributed by atoms with Crippen LogP contribution in [0, 0.1) is 20.8 Å². The van der Waals surface area contributed by atoms with E-state index in [0.29, 0.717) is 0 Å². The van der Waals surface area contributed by atoms with Gasteiger partial charge in [-0.2, -0.15) is 0 Å². The van der Waals surface area contributed by atoms with Crippen molar-refractivity contribution >= 4 is 0 Å². The molecule has 1 atom stereocenters. The molecule has 2 rings (SSSR count). The van der Waals surface area contributed by atoms with Gasteiger partial charge in [-0.1, -0.05) is 29.8 Å². The molecule has 0 aliphatic carbocycles. The number of ether oxygens (including phenoxy) is 1. The van der Waals surface area contributed by atoms with E-state index in [1.165, 1.54) is 0 Å². The molecule has 0 heterocycles. The van der Waals surface area contributed by atoms with Gasteiger partial charge in [0.2, 0.25) is 0 Å². The molecule has 100 valence electrons. The van der Waals surface area contributed by atoms with Crippen molar-refractivity contribution in [1.82, 2.24) is 0 Å². The molecule has 1 N–H and O–H groups in total. The highest BCUT2D eigenvalue weighted by molar-refractivity contribution is 5.45. The number of benzene rings is 2. The SMILES string of the molecule is COc1c(C)cc(C(O)c2cccc(C)c2)cc1C. The minimum Gasteiger partial charge on any atom is -0.496 e. The highest BCUT2D eigenvalue weighted by Crippen LogP contribution is 2.30. The number of hydrogen-bond acceptors (Lipinski definition) is 2. The van der Waals surface area contributed by atoms with E-state index >= 15 is 0 Å². The van der Waals surface area contributed by atoms with Crippen molar-refractivity contribution in [3.05, 3.63) is 64.2 Å². The van der Waals surface area contributed by atoms with E-state index in [-0.39, 0.29) is 0 Å². The van der Waals surface area contributed by atoms with Crippen molar-refractivity contribution in [3.8, 4) is 5.75 Å². The zero-order valence-electron chi connectivity index (χ0n) is 11.9. The minimum atomic E-state index is -0.594. The van der Waals surface area contributed by atoms with Gasteiger partial charge in [0.1, 0.15) is 11.9 Å². The first-order valence-electron chi connectivity index (χ1n) is 6.42. The zero-order chi connectivity index (χ0) is 14.0. The van der Waals surface area contributed by atoms with E-state index in [2.05, 4.69) is 0 Å². The Labute approximate surface area is 114 Å². The van der Waals surface area contributed by atoms with Gasteiger partial charge in [-0.25, -0.2) is 0 Å². The summed E-state index contributed by atoms with van der Waals surface area (Å²) in [6.07, 6.45) is -0.594.